The molecular weight excluding hydrogens is 352 g/mol. The minimum atomic E-state index is 0.619. The SMILES string of the molecule is Cc1ccc(-c2ccc(COCc3ccc(-c4ccc(C)cc4)cc3)cc2)cc1. The van der Waals surface area contributed by atoms with E-state index in [-0.39, 0.29) is 0 Å². The third kappa shape index (κ3) is 5.01. The number of benzene rings is 4. The van der Waals surface area contributed by atoms with E-state index in [2.05, 4.69) is 111 Å². The maximum atomic E-state index is 5.93. The van der Waals surface area contributed by atoms with Gasteiger partial charge in [-0.05, 0) is 47.2 Å². The minimum absolute atomic E-state index is 0.619. The van der Waals surface area contributed by atoms with Crippen LogP contribution in [0.5, 0.6) is 0 Å². The lowest BCUT2D eigenvalue weighted by Crippen LogP contribution is -1.94. The minimum Gasteiger partial charge on any atom is -0.372 e. The quantitative estimate of drug-likeness (QED) is 0.341. The molecule has 144 valence electrons. The largest absolute Gasteiger partial charge is 0.372 e. The van der Waals surface area contributed by atoms with Crippen LogP contribution >= 0.6 is 0 Å². The van der Waals surface area contributed by atoms with Crippen LogP contribution in [-0.4, -0.2) is 0 Å². The van der Waals surface area contributed by atoms with E-state index >= 15 is 0 Å². The molecular formula is C28H26O. The van der Waals surface area contributed by atoms with Crippen LogP contribution in [0.2, 0.25) is 0 Å². The van der Waals surface area contributed by atoms with Gasteiger partial charge in [0.25, 0.3) is 0 Å². The van der Waals surface area contributed by atoms with Crippen LogP contribution in [0.3, 0.4) is 0 Å². The third-order valence-corrected chi connectivity index (χ3v) is 5.22. The lowest BCUT2D eigenvalue weighted by Gasteiger charge is -2.08. The molecule has 0 aliphatic heterocycles. The average molecular weight is 379 g/mol. The lowest BCUT2D eigenvalue weighted by atomic mass is 10.0. The van der Waals surface area contributed by atoms with Crippen LogP contribution in [0.25, 0.3) is 22.3 Å². The number of aryl methyl sites for hydroxylation is 2. The van der Waals surface area contributed by atoms with Crippen molar-refractivity contribution in [1.82, 2.24) is 0 Å². The van der Waals surface area contributed by atoms with Gasteiger partial charge >= 0.3 is 0 Å². The van der Waals surface area contributed by atoms with Gasteiger partial charge in [0.05, 0.1) is 13.2 Å². The highest BCUT2D eigenvalue weighted by molar-refractivity contribution is 5.64. The highest BCUT2D eigenvalue weighted by Crippen LogP contribution is 2.22. The summed E-state index contributed by atoms with van der Waals surface area (Å²) in [6.07, 6.45) is 0. The van der Waals surface area contributed by atoms with Gasteiger partial charge in [-0.2, -0.15) is 0 Å². The molecule has 0 amide bonds. The molecule has 0 spiro atoms. The first kappa shape index (κ1) is 19.2. The number of hydrogen-bond acceptors (Lipinski definition) is 1. The first-order chi connectivity index (χ1) is 14.2. The first-order valence-corrected chi connectivity index (χ1v) is 10.1. The third-order valence-electron chi connectivity index (χ3n) is 5.22. The van der Waals surface area contributed by atoms with E-state index in [9.17, 15) is 0 Å². The Labute approximate surface area is 173 Å². The van der Waals surface area contributed by atoms with E-state index in [0.29, 0.717) is 13.2 Å². The van der Waals surface area contributed by atoms with Crippen LogP contribution < -0.4 is 0 Å². The van der Waals surface area contributed by atoms with Gasteiger partial charge in [-0.15, -0.1) is 0 Å². The Balaban J connectivity index is 1.31. The molecule has 4 rings (SSSR count). The highest BCUT2D eigenvalue weighted by atomic mass is 16.5. The van der Waals surface area contributed by atoms with Crippen molar-refractivity contribution in [3.63, 3.8) is 0 Å². The molecule has 0 N–H and O–H groups in total. The van der Waals surface area contributed by atoms with Crippen molar-refractivity contribution in [3.05, 3.63) is 119 Å². The topological polar surface area (TPSA) is 9.23 Å². The summed E-state index contributed by atoms with van der Waals surface area (Å²) in [6, 6.07) is 34.5. The fourth-order valence-electron chi connectivity index (χ4n) is 3.37. The summed E-state index contributed by atoms with van der Waals surface area (Å²) in [7, 11) is 0. The van der Waals surface area contributed by atoms with Gasteiger partial charge < -0.3 is 4.74 Å². The zero-order valence-electron chi connectivity index (χ0n) is 17.1. The highest BCUT2D eigenvalue weighted by Gasteiger charge is 2.01. The molecule has 0 saturated heterocycles. The van der Waals surface area contributed by atoms with Gasteiger partial charge in [-0.25, -0.2) is 0 Å². The summed E-state index contributed by atoms with van der Waals surface area (Å²) < 4.78 is 5.93. The maximum Gasteiger partial charge on any atom is 0.0721 e. The van der Waals surface area contributed by atoms with Crippen molar-refractivity contribution in [3.8, 4) is 22.3 Å². The Morgan fingerprint density at radius 3 is 1.00 bits per heavy atom. The summed E-state index contributed by atoms with van der Waals surface area (Å²) in [6.45, 7) is 5.46. The first-order valence-electron chi connectivity index (χ1n) is 10.1. The summed E-state index contributed by atoms with van der Waals surface area (Å²) in [5.74, 6) is 0. The predicted molar refractivity (Wildman–Crippen MR) is 122 cm³/mol. The molecule has 29 heavy (non-hydrogen) atoms. The van der Waals surface area contributed by atoms with Gasteiger partial charge in [0.15, 0.2) is 0 Å². The van der Waals surface area contributed by atoms with Crippen molar-refractivity contribution < 1.29 is 4.74 Å². The molecule has 0 unspecified atom stereocenters. The molecule has 0 fully saturated rings. The molecule has 1 heteroatoms. The summed E-state index contributed by atoms with van der Waals surface area (Å²) in [5, 5.41) is 0. The summed E-state index contributed by atoms with van der Waals surface area (Å²) in [5.41, 5.74) is 9.92. The number of ether oxygens (including phenoxy) is 1. The van der Waals surface area contributed by atoms with Gasteiger partial charge in [-0.3, -0.25) is 0 Å². The van der Waals surface area contributed by atoms with Crippen molar-refractivity contribution in [2.24, 2.45) is 0 Å². The van der Waals surface area contributed by atoms with Gasteiger partial charge in [-0.1, -0.05) is 108 Å². The Hall–Kier alpha value is -3.16. The fourth-order valence-corrected chi connectivity index (χ4v) is 3.37. The number of rotatable bonds is 6. The van der Waals surface area contributed by atoms with E-state index in [1.807, 2.05) is 0 Å². The monoisotopic (exact) mass is 378 g/mol. The van der Waals surface area contributed by atoms with Crippen LogP contribution in [-0.2, 0) is 18.0 Å². The average Bonchev–Trinajstić information content (AvgIpc) is 2.76. The summed E-state index contributed by atoms with van der Waals surface area (Å²) >= 11 is 0. The summed E-state index contributed by atoms with van der Waals surface area (Å²) in [4.78, 5) is 0. The van der Waals surface area contributed by atoms with Crippen molar-refractivity contribution in [2.45, 2.75) is 27.1 Å². The Bertz CT molecular complexity index is 952. The molecule has 4 aromatic rings. The molecule has 0 radical (unpaired) electrons. The van der Waals surface area contributed by atoms with Crippen LogP contribution in [0.4, 0.5) is 0 Å². The van der Waals surface area contributed by atoms with Crippen molar-refractivity contribution in [2.75, 3.05) is 0 Å². The molecule has 0 atom stereocenters. The van der Waals surface area contributed by atoms with Crippen LogP contribution in [0.1, 0.15) is 22.3 Å². The maximum absolute atomic E-state index is 5.93. The molecule has 0 aliphatic carbocycles. The molecule has 4 aromatic carbocycles. The molecule has 1 nitrogen and oxygen atoms in total. The second kappa shape index (κ2) is 8.89. The van der Waals surface area contributed by atoms with Crippen LogP contribution in [0.15, 0.2) is 97.1 Å². The van der Waals surface area contributed by atoms with E-state index in [4.69, 9.17) is 4.74 Å². The van der Waals surface area contributed by atoms with E-state index in [1.165, 1.54) is 44.5 Å². The van der Waals surface area contributed by atoms with Gasteiger partial charge in [0.2, 0.25) is 0 Å². The molecule has 0 aromatic heterocycles. The molecule has 0 bridgehead atoms. The normalized spacial score (nSPS) is 10.8. The predicted octanol–water partition coefficient (Wildman–Crippen LogP) is 7.35. The van der Waals surface area contributed by atoms with E-state index in [1.54, 1.807) is 0 Å². The molecule has 0 aliphatic rings. The smallest absolute Gasteiger partial charge is 0.0721 e. The second-order valence-corrected chi connectivity index (χ2v) is 7.62. The zero-order valence-corrected chi connectivity index (χ0v) is 17.1. The zero-order chi connectivity index (χ0) is 20.1. The number of hydrogen-bond donors (Lipinski definition) is 0. The van der Waals surface area contributed by atoms with Crippen molar-refractivity contribution >= 4 is 0 Å². The van der Waals surface area contributed by atoms with Crippen molar-refractivity contribution in [1.29, 1.82) is 0 Å². The fraction of sp³-hybridized carbons (Fsp3) is 0.143. The Kier molecular flexibility index (Phi) is 5.88. The Morgan fingerprint density at radius 1 is 0.414 bits per heavy atom. The standard InChI is InChI=1S/C28H26O/c1-21-3-11-25(12-4-21)27-15-7-23(8-16-27)19-29-20-24-9-17-28(18-10-24)26-13-5-22(2)6-14-26/h3-18H,19-20H2,1-2H3. The van der Waals surface area contributed by atoms with E-state index < -0.39 is 0 Å². The van der Waals surface area contributed by atoms with E-state index in [0.717, 1.165) is 0 Å². The Morgan fingerprint density at radius 2 is 0.690 bits per heavy atom. The van der Waals surface area contributed by atoms with Gasteiger partial charge in [0, 0.05) is 0 Å². The molecule has 0 saturated carbocycles. The molecule has 0 heterocycles. The second-order valence-electron chi connectivity index (χ2n) is 7.62. The van der Waals surface area contributed by atoms with Gasteiger partial charge in [0.1, 0.15) is 0 Å². The lowest BCUT2D eigenvalue weighted by molar-refractivity contribution is 0.107. The van der Waals surface area contributed by atoms with Crippen LogP contribution in [0, 0.1) is 13.8 Å².